The SMILES string of the molecule is CC1(C)NC(=O)N(CCCC(=O)N2CCCCC2CCC(=O)O)C1=O. The summed E-state index contributed by atoms with van der Waals surface area (Å²) in [5.74, 6) is -1.15. The van der Waals surface area contributed by atoms with Crippen LogP contribution in [0, 0.1) is 0 Å². The number of urea groups is 1. The lowest BCUT2D eigenvalue weighted by Gasteiger charge is -2.36. The Kier molecular flexibility index (Phi) is 6.02. The highest BCUT2D eigenvalue weighted by atomic mass is 16.4. The van der Waals surface area contributed by atoms with E-state index in [1.165, 1.54) is 0 Å². The van der Waals surface area contributed by atoms with Gasteiger partial charge >= 0.3 is 12.0 Å². The highest BCUT2D eigenvalue weighted by Crippen LogP contribution is 2.22. The monoisotopic (exact) mass is 353 g/mol. The zero-order valence-electron chi connectivity index (χ0n) is 14.9. The number of hydrogen-bond acceptors (Lipinski definition) is 4. The third-order valence-corrected chi connectivity index (χ3v) is 4.86. The van der Waals surface area contributed by atoms with Gasteiger partial charge in [0.15, 0.2) is 0 Å². The molecule has 1 unspecified atom stereocenters. The van der Waals surface area contributed by atoms with Crippen molar-refractivity contribution in [3.8, 4) is 0 Å². The molecule has 2 N–H and O–H groups in total. The number of carbonyl (C=O) groups is 4. The molecule has 25 heavy (non-hydrogen) atoms. The van der Waals surface area contributed by atoms with Crippen molar-refractivity contribution >= 4 is 23.8 Å². The van der Waals surface area contributed by atoms with Gasteiger partial charge in [-0.3, -0.25) is 19.3 Å². The van der Waals surface area contributed by atoms with Crippen molar-refractivity contribution < 1.29 is 24.3 Å². The highest BCUT2D eigenvalue weighted by molar-refractivity contribution is 6.06. The summed E-state index contributed by atoms with van der Waals surface area (Å²) < 4.78 is 0. The smallest absolute Gasteiger partial charge is 0.325 e. The fourth-order valence-corrected chi connectivity index (χ4v) is 3.47. The van der Waals surface area contributed by atoms with E-state index in [0.29, 0.717) is 19.4 Å². The Labute approximate surface area is 147 Å². The van der Waals surface area contributed by atoms with E-state index in [0.717, 1.165) is 24.2 Å². The first-order valence-corrected chi connectivity index (χ1v) is 8.88. The Hall–Kier alpha value is -2.12. The van der Waals surface area contributed by atoms with E-state index in [2.05, 4.69) is 5.32 Å². The number of nitrogens with one attached hydrogen (secondary N) is 1. The van der Waals surface area contributed by atoms with Crippen LogP contribution in [0.1, 0.15) is 58.8 Å². The van der Waals surface area contributed by atoms with Gasteiger partial charge in [0.05, 0.1) is 0 Å². The average Bonchev–Trinajstić information content (AvgIpc) is 2.74. The zero-order chi connectivity index (χ0) is 18.6. The fraction of sp³-hybridized carbons (Fsp3) is 0.765. The molecule has 0 saturated carbocycles. The Morgan fingerprint density at radius 3 is 2.56 bits per heavy atom. The van der Waals surface area contributed by atoms with Crippen LogP contribution in [-0.2, 0) is 14.4 Å². The van der Waals surface area contributed by atoms with Crippen LogP contribution in [0.3, 0.4) is 0 Å². The Morgan fingerprint density at radius 2 is 1.96 bits per heavy atom. The molecular formula is C17H27N3O5. The van der Waals surface area contributed by atoms with E-state index in [1.54, 1.807) is 18.7 Å². The van der Waals surface area contributed by atoms with Crippen LogP contribution >= 0.6 is 0 Å². The summed E-state index contributed by atoms with van der Waals surface area (Å²) in [7, 11) is 0. The van der Waals surface area contributed by atoms with E-state index < -0.39 is 17.5 Å². The molecule has 0 aromatic heterocycles. The Balaban J connectivity index is 1.83. The van der Waals surface area contributed by atoms with Gasteiger partial charge in [0.1, 0.15) is 5.54 Å². The second-order valence-electron chi connectivity index (χ2n) is 7.28. The molecule has 2 rings (SSSR count). The van der Waals surface area contributed by atoms with Crippen LogP contribution < -0.4 is 5.32 Å². The molecule has 1 atom stereocenters. The van der Waals surface area contributed by atoms with Gasteiger partial charge in [0, 0.05) is 32.0 Å². The van der Waals surface area contributed by atoms with Crippen LogP contribution in [0.2, 0.25) is 0 Å². The molecule has 2 heterocycles. The number of piperidine rings is 1. The summed E-state index contributed by atoms with van der Waals surface area (Å²) >= 11 is 0. The second-order valence-corrected chi connectivity index (χ2v) is 7.28. The van der Waals surface area contributed by atoms with Gasteiger partial charge in [-0.15, -0.1) is 0 Å². The molecule has 0 aromatic rings. The van der Waals surface area contributed by atoms with Gasteiger partial charge in [-0.25, -0.2) is 4.79 Å². The van der Waals surface area contributed by atoms with Gasteiger partial charge in [0.2, 0.25) is 5.91 Å². The van der Waals surface area contributed by atoms with Crippen LogP contribution in [-0.4, -0.2) is 63.4 Å². The topological polar surface area (TPSA) is 107 Å². The fourth-order valence-electron chi connectivity index (χ4n) is 3.47. The molecular weight excluding hydrogens is 326 g/mol. The van der Waals surface area contributed by atoms with Crippen molar-refractivity contribution in [2.75, 3.05) is 13.1 Å². The number of carboxylic acids is 1. The molecule has 2 aliphatic heterocycles. The Bertz CT molecular complexity index is 560. The quantitative estimate of drug-likeness (QED) is 0.672. The number of amides is 4. The van der Waals surface area contributed by atoms with Crippen LogP contribution in [0.4, 0.5) is 4.79 Å². The molecule has 0 radical (unpaired) electrons. The molecule has 2 saturated heterocycles. The molecule has 0 aliphatic carbocycles. The third kappa shape index (κ3) is 4.70. The normalized spacial score (nSPS) is 22.9. The lowest BCUT2D eigenvalue weighted by molar-refractivity contribution is -0.140. The largest absolute Gasteiger partial charge is 0.481 e. The van der Waals surface area contributed by atoms with Crippen molar-refractivity contribution in [3.63, 3.8) is 0 Å². The summed E-state index contributed by atoms with van der Waals surface area (Å²) in [5, 5.41) is 11.5. The maximum atomic E-state index is 12.5. The van der Waals surface area contributed by atoms with Crippen LogP contribution in [0.15, 0.2) is 0 Å². The van der Waals surface area contributed by atoms with Gasteiger partial charge < -0.3 is 15.3 Å². The van der Waals surface area contributed by atoms with E-state index in [-0.39, 0.29) is 37.2 Å². The zero-order valence-corrected chi connectivity index (χ0v) is 14.9. The third-order valence-electron chi connectivity index (χ3n) is 4.86. The minimum Gasteiger partial charge on any atom is -0.481 e. The number of rotatable bonds is 7. The molecule has 8 nitrogen and oxygen atoms in total. The average molecular weight is 353 g/mol. The van der Waals surface area contributed by atoms with E-state index in [4.69, 9.17) is 5.11 Å². The predicted octanol–water partition coefficient (Wildman–Crippen LogP) is 1.34. The van der Waals surface area contributed by atoms with Crippen molar-refractivity contribution in [2.24, 2.45) is 0 Å². The van der Waals surface area contributed by atoms with E-state index >= 15 is 0 Å². The van der Waals surface area contributed by atoms with E-state index in [1.807, 2.05) is 0 Å². The summed E-state index contributed by atoms with van der Waals surface area (Å²) in [6.45, 7) is 4.17. The van der Waals surface area contributed by atoms with E-state index in [9.17, 15) is 19.2 Å². The molecule has 140 valence electrons. The van der Waals surface area contributed by atoms with Crippen molar-refractivity contribution in [3.05, 3.63) is 0 Å². The molecule has 8 heteroatoms. The van der Waals surface area contributed by atoms with Gasteiger partial charge in [-0.2, -0.15) is 0 Å². The lowest BCUT2D eigenvalue weighted by atomic mass is 9.97. The van der Waals surface area contributed by atoms with Crippen LogP contribution in [0.5, 0.6) is 0 Å². The standard InChI is InChI=1S/C17H27N3O5/c1-17(2)15(24)20(16(25)18-17)11-5-7-13(21)19-10-4-3-6-12(19)8-9-14(22)23/h12H,3-11H2,1-2H3,(H,18,25)(H,22,23). The van der Waals surface area contributed by atoms with Gasteiger partial charge in [0.25, 0.3) is 5.91 Å². The molecule has 0 spiro atoms. The summed E-state index contributed by atoms with van der Waals surface area (Å²) in [4.78, 5) is 50.1. The van der Waals surface area contributed by atoms with Crippen molar-refractivity contribution in [1.82, 2.24) is 15.1 Å². The summed E-state index contributed by atoms with van der Waals surface area (Å²) in [5.41, 5.74) is -0.893. The maximum Gasteiger partial charge on any atom is 0.325 e. The number of carbonyl (C=O) groups excluding carboxylic acids is 3. The molecule has 0 bridgehead atoms. The van der Waals surface area contributed by atoms with Crippen LogP contribution in [0.25, 0.3) is 0 Å². The lowest BCUT2D eigenvalue weighted by Crippen LogP contribution is -2.44. The maximum absolute atomic E-state index is 12.5. The number of imide groups is 1. The number of aliphatic carboxylic acids is 1. The minimum atomic E-state index is -0.893. The summed E-state index contributed by atoms with van der Waals surface area (Å²) in [6.07, 6.45) is 3.97. The molecule has 2 aliphatic rings. The number of nitrogens with zero attached hydrogens (tertiary/aromatic N) is 2. The first-order chi connectivity index (χ1) is 11.7. The van der Waals surface area contributed by atoms with Gasteiger partial charge in [-0.05, 0) is 46.0 Å². The van der Waals surface area contributed by atoms with Gasteiger partial charge in [-0.1, -0.05) is 0 Å². The first-order valence-electron chi connectivity index (χ1n) is 8.88. The first kappa shape index (κ1) is 19.2. The molecule has 0 aromatic carbocycles. The molecule has 4 amide bonds. The Morgan fingerprint density at radius 1 is 1.24 bits per heavy atom. The number of carboxylic acid groups (broad SMARTS) is 1. The number of likely N-dealkylation sites (tertiary alicyclic amines) is 1. The highest BCUT2D eigenvalue weighted by Gasteiger charge is 2.43. The van der Waals surface area contributed by atoms with Crippen molar-refractivity contribution in [1.29, 1.82) is 0 Å². The second kappa shape index (κ2) is 7.84. The van der Waals surface area contributed by atoms with Crippen molar-refractivity contribution in [2.45, 2.75) is 70.4 Å². The number of hydrogen-bond donors (Lipinski definition) is 2. The summed E-state index contributed by atoms with van der Waals surface area (Å²) in [6, 6.07) is -0.437. The predicted molar refractivity (Wildman–Crippen MR) is 89.8 cm³/mol. The molecule has 2 fully saturated rings. The minimum absolute atomic E-state index is 0.0204.